The topological polar surface area (TPSA) is 9.23 Å². The van der Waals surface area contributed by atoms with Crippen LogP contribution in [-0.4, -0.2) is 12.7 Å². The molecule has 0 amide bonds. The highest BCUT2D eigenvalue weighted by atomic mass is 16.5. The standard InChI is InChI=1S/C24H34O/c1-4-6-7-9-21-10-14-23(15-11-21)24-16-12-22(13-17-24)18-19-25-20(3)8-5-2/h10-17,20H,4-9,18-19H2,1-3H3. The lowest BCUT2D eigenvalue weighted by Gasteiger charge is -2.12. The van der Waals surface area contributed by atoms with Gasteiger partial charge in [0, 0.05) is 0 Å². The molecule has 2 rings (SSSR count). The summed E-state index contributed by atoms with van der Waals surface area (Å²) in [6.07, 6.45) is 8.80. The summed E-state index contributed by atoms with van der Waals surface area (Å²) in [6, 6.07) is 18.0. The Morgan fingerprint density at radius 3 is 1.80 bits per heavy atom. The third-order valence-corrected chi connectivity index (χ3v) is 4.80. The number of rotatable bonds is 11. The van der Waals surface area contributed by atoms with Gasteiger partial charge in [-0.3, -0.25) is 0 Å². The highest BCUT2D eigenvalue weighted by Gasteiger charge is 2.02. The number of aryl methyl sites for hydroxylation is 1. The van der Waals surface area contributed by atoms with E-state index in [9.17, 15) is 0 Å². The maximum absolute atomic E-state index is 5.85. The first kappa shape index (κ1) is 19.7. The van der Waals surface area contributed by atoms with E-state index < -0.39 is 0 Å². The number of benzene rings is 2. The van der Waals surface area contributed by atoms with Crippen molar-refractivity contribution in [2.45, 2.75) is 71.8 Å². The van der Waals surface area contributed by atoms with E-state index in [-0.39, 0.29) is 0 Å². The lowest BCUT2D eigenvalue weighted by molar-refractivity contribution is 0.0621. The van der Waals surface area contributed by atoms with E-state index in [1.165, 1.54) is 54.4 Å². The fourth-order valence-electron chi connectivity index (χ4n) is 3.17. The van der Waals surface area contributed by atoms with Crippen LogP contribution in [-0.2, 0) is 17.6 Å². The minimum atomic E-state index is 0.375. The zero-order chi connectivity index (χ0) is 17.9. The summed E-state index contributed by atoms with van der Waals surface area (Å²) < 4.78 is 5.85. The highest BCUT2D eigenvalue weighted by Crippen LogP contribution is 2.21. The summed E-state index contributed by atoms with van der Waals surface area (Å²) in [4.78, 5) is 0. The predicted octanol–water partition coefficient (Wildman–Crippen LogP) is 6.83. The average molecular weight is 339 g/mol. The quantitative estimate of drug-likeness (QED) is 0.408. The first-order chi connectivity index (χ1) is 12.2. The van der Waals surface area contributed by atoms with E-state index in [0.717, 1.165) is 19.4 Å². The van der Waals surface area contributed by atoms with Crippen LogP contribution in [0.2, 0.25) is 0 Å². The SMILES string of the molecule is CCCCCc1ccc(-c2ccc(CCOC(C)CCC)cc2)cc1. The largest absolute Gasteiger partial charge is 0.378 e. The second kappa shape index (κ2) is 11.1. The van der Waals surface area contributed by atoms with Gasteiger partial charge in [-0.2, -0.15) is 0 Å². The van der Waals surface area contributed by atoms with E-state index in [4.69, 9.17) is 4.74 Å². The lowest BCUT2D eigenvalue weighted by atomic mass is 10.00. The van der Waals surface area contributed by atoms with Crippen molar-refractivity contribution in [3.8, 4) is 11.1 Å². The molecular formula is C24H34O. The van der Waals surface area contributed by atoms with Crippen molar-refractivity contribution in [2.75, 3.05) is 6.61 Å². The molecule has 0 saturated carbocycles. The molecule has 25 heavy (non-hydrogen) atoms. The Hall–Kier alpha value is -1.60. The van der Waals surface area contributed by atoms with Gasteiger partial charge >= 0.3 is 0 Å². The van der Waals surface area contributed by atoms with Crippen LogP contribution in [0.25, 0.3) is 11.1 Å². The van der Waals surface area contributed by atoms with Crippen LogP contribution in [0.3, 0.4) is 0 Å². The summed E-state index contributed by atoms with van der Waals surface area (Å²) in [5, 5.41) is 0. The van der Waals surface area contributed by atoms with Crippen LogP contribution in [0.1, 0.15) is 64.0 Å². The molecule has 0 aromatic heterocycles. The molecule has 2 aromatic rings. The molecular weight excluding hydrogens is 304 g/mol. The van der Waals surface area contributed by atoms with Crippen molar-refractivity contribution in [2.24, 2.45) is 0 Å². The monoisotopic (exact) mass is 338 g/mol. The maximum Gasteiger partial charge on any atom is 0.0547 e. The molecule has 0 spiro atoms. The zero-order valence-electron chi connectivity index (χ0n) is 16.3. The van der Waals surface area contributed by atoms with Crippen molar-refractivity contribution in [1.82, 2.24) is 0 Å². The second-order valence-corrected chi connectivity index (χ2v) is 7.07. The van der Waals surface area contributed by atoms with Crippen molar-refractivity contribution in [3.05, 3.63) is 59.7 Å². The Morgan fingerprint density at radius 2 is 1.28 bits per heavy atom. The smallest absolute Gasteiger partial charge is 0.0547 e. The molecule has 0 saturated heterocycles. The highest BCUT2D eigenvalue weighted by molar-refractivity contribution is 5.63. The first-order valence-electron chi connectivity index (χ1n) is 10.0. The Labute approximate surface area is 154 Å². The summed E-state index contributed by atoms with van der Waals surface area (Å²) in [5.74, 6) is 0. The van der Waals surface area contributed by atoms with Gasteiger partial charge in [0.2, 0.25) is 0 Å². The van der Waals surface area contributed by atoms with Crippen LogP contribution < -0.4 is 0 Å². The van der Waals surface area contributed by atoms with E-state index in [2.05, 4.69) is 69.3 Å². The van der Waals surface area contributed by atoms with E-state index in [1.807, 2.05) is 0 Å². The molecule has 0 aliphatic heterocycles. The summed E-state index contributed by atoms with van der Waals surface area (Å²) in [7, 11) is 0. The maximum atomic E-state index is 5.85. The van der Waals surface area contributed by atoms with E-state index >= 15 is 0 Å². The van der Waals surface area contributed by atoms with Gasteiger partial charge in [-0.25, -0.2) is 0 Å². The Kier molecular flexibility index (Phi) is 8.76. The number of unbranched alkanes of at least 4 members (excludes halogenated alkanes) is 2. The third kappa shape index (κ3) is 7.04. The molecule has 1 unspecified atom stereocenters. The summed E-state index contributed by atoms with van der Waals surface area (Å²) in [5.41, 5.74) is 5.40. The summed E-state index contributed by atoms with van der Waals surface area (Å²) in [6.45, 7) is 7.44. The predicted molar refractivity (Wildman–Crippen MR) is 109 cm³/mol. The Bertz CT molecular complexity index is 582. The molecule has 1 nitrogen and oxygen atoms in total. The van der Waals surface area contributed by atoms with Gasteiger partial charge < -0.3 is 4.74 Å². The van der Waals surface area contributed by atoms with E-state index in [0.29, 0.717) is 6.10 Å². The fourth-order valence-corrected chi connectivity index (χ4v) is 3.17. The molecule has 136 valence electrons. The average Bonchev–Trinajstić information content (AvgIpc) is 2.63. The van der Waals surface area contributed by atoms with Crippen LogP contribution in [0.4, 0.5) is 0 Å². The molecule has 0 aliphatic rings. The molecule has 1 heteroatoms. The van der Waals surface area contributed by atoms with Crippen LogP contribution in [0, 0.1) is 0 Å². The molecule has 0 radical (unpaired) electrons. The van der Waals surface area contributed by atoms with Gasteiger partial charge in [0.05, 0.1) is 12.7 Å². The normalized spacial score (nSPS) is 12.3. The second-order valence-electron chi connectivity index (χ2n) is 7.07. The van der Waals surface area contributed by atoms with Crippen LogP contribution in [0.5, 0.6) is 0 Å². The van der Waals surface area contributed by atoms with Gasteiger partial charge in [0.1, 0.15) is 0 Å². The van der Waals surface area contributed by atoms with Crippen LogP contribution >= 0.6 is 0 Å². The van der Waals surface area contributed by atoms with Crippen molar-refractivity contribution >= 4 is 0 Å². The van der Waals surface area contributed by atoms with Gasteiger partial charge in [0.15, 0.2) is 0 Å². The van der Waals surface area contributed by atoms with Gasteiger partial charge in [-0.05, 0) is 54.9 Å². The van der Waals surface area contributed by atoms with E-state index in [1.54, 1.807) is 0 Å². The minimum Gasteiger partial charge on any atom is -0.378 e. The van der Waals surface area contributed by atoms with Crippen molar-refractivity contribution in [3.63, 3.8) is 0 Å². The zero-order valence-corrected chi connectivity index (χ0v) is 16.3. The number of ether oxygens (including phenoxy) is 1. The number of hydrogen-bond donors (Lipinski definition) is 0. The third-order valence-electron chi connectivity index (χ3n) is 4.80. The Morgan fingerprint density at radius 1 is 0.720 bits per heavy atom. The molecule has 0 N–H and O–H groups in total. The molecule has 0 heterocycles. The van der Waals surface area contributed by atoms with Crippen LogP contribution in [0.15, 0.2) is 48.5 Å². The molecule has 1 atom stereocenters. The number of hydrogen-bond acceptors (Lipinski definition) is 1. The van der Waals surface area contributed by atoms with Crippen molar-refractivity contribution < 1.29 is 4.74 Å². The van der Waals surface area contributed by atoms with Gasteiger partial charge in [0.25, 0.3) is 0 Å². The molecule has 2 aromatic carbocycles. The Balaban J connectivity index is 1.84. The molecule has 0 fully saturated rings. The molecule has 0 aliphatic carbocycles. The fraction of sp³-hybridized carbons (Fsp3) is 0.500. The van der Waals surface area contributed by atoms with Gasteiger partial charge in [-0.1, -0.05) is 81.6 Å². The minimum absolute atomic E-state index is 0.375. The first-order valence-corrected chi connectivity index (χ1v) is 10.0. The van der Waals surface area contributed by atoms with Gasteiger partial charge in [-0.15, -0.1) is 0 Å². The van der Waals surface area contributed by atoms with Crippen molar-refractivity contribution in [1.29, 1.82) is 0 Å². The summed E-state index contributed by atoms with van der Waals surface area (Å²) >= 11 is 0. The molecule has 0 bridgehead atoms. The lowest BCUT2D eigenvalue weighted by Crippen LogP contribution is -2.10.